The van der Waals surface area contributed by atoms with E-state index in [1.165, 1.54) is 24.0 Å². The Balaban J connectivity index is 1.01. The normalized spacial score (nSPS) is 32.7. The van der Waals surface area contributed by atoms with Gasteiger partial charge in [-0.3, -0.25) is 4.79 Å². The fraction of sp³-hybridized carbons (Fsp3) is 0.543. The van der Waals surface area contributed by atoms with Crippen molar-refractivity contribution in [3.8, 4) is 11.1 Å². The van der Waals surface area contributed by atoms with Gasteiger partial charge in [0, 0.05) is 23.6 Å². The summed E-state index contributed by atoms with van der Waals surface area (Å²) in [7, 11) is 0. The third-order valence-corrected chi connectivity index (χ3v) is 12.4. The Morgan fingerprint density at radius 2 is 1.88 bits per heavy atom. The first-order valence-corrected chi connectivity index (χ1v) is 16.9. The number of alkyl halides is 1. The molecule has 222 valence electrons. The minimum atomic E-state index is -1.11. The van der Waals surface area contributed by atoms with Crippen LogP contribution in [0.1, 0.15) is 93.3 Å². The molecule has 6 aliphatic carbocycles. The van der Waals surface area contributed by atoms with Gasteiger partial charge in [-0.05, 0) is 112 Å². The number of rotatable bonds is 7. The van der Waals surface area contributed by atoms with E-state index < -0.39 is 11.1 Å². The Kier molecular flexibility index (Phi) is 5.62. The zero-order chi connectivity index (χ0) is 29.0. The molecule has 10 rings (SSSR count). The van der Waals surface area contributed by atoms with E-state index in [-0.39, 0.29) is 11.3 Å². The largest absolute Gasteiger partial charge is 0.339 e. The molecule has 3 unspecified atom stereocenters. The van der Waals surface area contributed by atoms with Gasteiger partial charge in [0.1, 0.15) is 5.67 Å². The fourth-order valence-corrected chi connectivity index (χ4v) is 9.89. The highest BCUT2D eigenvalue weighted by Gasteiger charge is 2.73. The Bertz CT molecular complexity index is 1740. The van der Waals surface area contributed by atoms with Crippen molar-refractivity contribution < 1.29 is 13.7 Å². The molecule has 6 nitrogen and oxygen atoms in total. The lowest BCUT2D eigenvalue weighted by molar-refractivity contribution is -0.211. The molecule has 0 aliphatic heterocycles. The quantitative estimate of drug-likeness (QED) is 0.215. The summed E-state index contributed by atoms with van der Waals surface area (Å²) in [6.07, 6.45) is 10.0. The second-order valence-electron chi connectivity index (χ2n) is 14.5. The SMILES string of the molecule is Cc1nc2ccc(-c3cccc(N(CC4CCC5(c6nc(C7CC7)no6)CCCC4C5)C(=O)C45CC(F)(C4)C5)c3)cc2s1. The maximum absolute atomic E-state index is 14.6. The predicted octanol–water partition coefficient (Wildman–Crippen LogP) is 8.30. The van der Waals surface area contributed by atoms with Gasteiger partial charge in [0.05, 0.1) is 20.6 Å². The molecular formula is C35H37FN4O2S. The summed E-state index contributed by atoms with van der Waals surface area (Å²) >= 11 is 1.70. The van der Waals surface area contributed by atoms with Crippen molar-refractivity contribution in [3.63, 3.8) is 0 Å². The topological polar surface area (TPSA) is 72.1 Å². The minimum Gasteiger partial charge on any atom is -0.339 e. The van der Waals surface area contributed by atoms with Crippen LogP contribution in [0, 0.1) is 24.2 Å². The summed E-state index contributed by atoms with van der Waals surface area (Å²) in [6.45, 7) is 2.73. The Morgan fingerprint density at radius 3 is 2.70 bits per heavy atom. The van der Waals surface area contributed by atoms with E-state index in [4.69, 9.17) is 9.51 Å². The van der Waals surface area contributed by atoms with E-state index in [1.807, 2.05) is 11.8 Å². The van der Waals surface area contributed by atoms with Gasteiger partial charge in [-0.2, -0.15) is 4.98 Å². The molecule has 6 aliphatic rings. The van der Waals surface area contributed by atoms with Crippen LogP contribution in [0.3, 0.4) is 0 Å². The van der Waals surface area contributed by atoms with Gasteiger partial charge < -0.3 is 9.42 Å². The number of carbonyl (C=O) groups is 1. The number of nitrogens with zero attached hydrogens (tertiary/aromatic N) is 4. The molecule has 8 heteroatoms. The number of amides is 1. The van der Waals surface area contributed by atoms with Gasteiger partial charge in [0.15, 0.2) is 5.82 Å². The van der Waals surface area contributed by atoms with Crippen LogP contribution in [0.15, 0.2) is 47.0 Å². The van der Waals surface area contributed by atoms with Crippen LogP contribution in [-0.2, 0) is 10.2 Å². The van der Waals surface area contributed by atoms with E-state index in [1.54, 1.807) is 11.3 Å². The van der Waals surface area contributed by atoms with Crippen molar-refractivity contribution in [2.24, 2.45) is 17.3 Å². The standard InChI is InChI=1S/C35H37FN4O2S/c1-21-37-28-10-9-24(15-29(28)43-21)23-4-2-6-27(14-23)40(32(41)34-18-35(36,19-34)20-34)17-26-11-13-33(12-3-5-25(26)16-33)31-38-30(39-42-31)22-7-8-22/h2,4,6,9-10,14-15,22,25-26H,3,5,7-8,11-13,16-20H2,1H3. The van der Waals surface area contributed by atoms with Crippen molar-refractivity contribution in [1.82, 2.24) is 15.1 Å². The molecule has 6 fully saturated rings. The number of anilines is 1. The lowest BCUT2D eigenvalue weighted by Crippen LogP contribution is -2.70. The number of aryl methyl sites for hydroxylation is 1. The van der Waals surface area contributed by atoms with Crippen LogP contribution < -0.4 is 4.90 Å². The summed E-state index contributed by atoms with van der Waals surface area (Å²) in [6, 6.07) is 14.8. The Labute approximate surface area is 255 Å². The smallest absolute Gasteiger partial charge is 0.233 e. The van der Waals surface area contributed by atoms with Crippen LogP contribution in [0.2, 0.25) is 0 Å². The lowest BCUT2D eigenvalue weighted by Gasteiger charge is -2.65. The number of benzene rings is 2. The number of fused-ring (bicyclic) bond motifs is 3. The number of carbonyl (C=O) groups excluding carboxylic acids is 1. The molecule has 0 N–H and O–H groups in total. The van der Waals surface area contributed by atoms with Crippen molar-refractivity contribution >= 4 is 33.1 Å². The van der Waals surface area contributed by atoms with Crippen LogP contribution in [0.25, 0.3) is 21.3 Å². The first-order valence-electron chi connectivity index (χ1n) is 16.1. The van der Waals surface area contributed by atoms with E-state index in [0.29, 0.717) is 43.6 Å². The van der Waals surface area contributed by atoms with Gasteiger partial charge in [0.25, 0.3) is 0 Å². The molecular weight excluding hydrogens is 559 g/mol. The third kappa shape index (κ3) is 4.22. The summed E-state index contributed by atoms with van der Waals surface area (Å²) < 4.78 is 21.7. The molecule has 0 spiro atoms. The third-order valence-electron chi connectivity index (χ3n) is 11.4. The van der Waals surface area contributed by atoms with Crippen molar-refractivity contribution in [1.29, 1.82) is 0 Å². The van der Waals surface area contributed by atoms with Crippen LogP contribution >= 0.6 is 11.3 Å². The molecule has 43 heavy (non-hydrogen) atoms. The van der Waals surface area contributed by atoms with Gasteiger partial charge in [-0.25, -0.2) is 9.37 Å². The van der Waals surface area contributed by atoms with E-state index in [2.05, 4.69) is 52.6 Å². The number of aromatic nitrogens is 3. The maximum Gasteiger partial charge on any atom is 0.233 e. The second kappa shape index (κ2) is 9.19. The van der Waals surface area contributed by atoms with E-state index in [0.717, 1.165) is 71.2 Å². The molecule has 4 bridgehead atoms. The van der Waals surface area contributed by atoms with Crippen molar-refractivity contribution in [2.75, 3.05) is 11.4 Å². The monoisotopic (exact) mass is 596 g/mol. The van der Waals surface area contributed by atoms with Crippen LogP contribution in [-0.4, -0.2) is 33.2 Å². The summed E-state index contributed by atoms with van der Waals surface area (Å²) in [5, 5.41) is 5.42. The summed E-state index contributed by atoms with van der Waals surface area (Å²) in [4.78, 5) is 25.8. The number of halogens is 1. The average Bonchev–Trinajstić information content (AvgIpc) is 3.57. The second-order valence-corrected chi connectivity index (χ2v) is 15.7. The Morgan fingerprint density at radius 1 is 1.05 bits per heavy atom. The average molecular weight is 597 g/mol. The predicted molar refractivity (Wildman–Crippen MR) is 165 cm³/mol. The summed E-state index contributed by atoms with van der Waals surface area (Å²) in [5.74, 6) is 3.28. The molecule has 6 saturated carbocycles. The lowest BCUT2D eigenvalue weighted by atomic mass is 9.42. The maximum atomic E-state index is 14.6. The number of hydrogen-bond acceptors (Lipinski definition) is 6. The van der Waals surface area contributed by atoms with Gasteiger partial charge in [0.2, 0.25) is 11.8 Å². The summed E-state index contributed by atoms with van der Waals surface area (Å²) in [5.41, 5.74) is 2.52. The van der Waals surface area contributed by atoms with Crippen molar-refractivity contribution in [3.05, 3.63) is 59.2 Å². The molecule has 0 radical (unpaired) electrons. The zero-order valence-corrected chi connectivity index (χ0v) is 25.5. The van der Waals surface area contributed by atoms with Gasteiger partial charge in [-0.15, -0.1) is 11.3 Å². The van der Waals surface area contributed by atoms with E-state index in [9.17, 15) is 9.18 Å². The van der Waals surface area contributed by atoms with Gasteiger partial charge in [-0.1, -0.05) is 36.2 Å². The zero-order valence-electron chi connectivity index (χ0n) is 24.7. The first kappa shape index (κ1) is 26.3. The highest BCUT2D eigenvalue weighted by Crippen LogP contribution is 2.70. The van der Waals surface area contributed by atoms with E-state index >= 15 is 0 Å². The highest BCUT2D eigenvalue weighted by atomic mass is 32.1. The molecule has 0 saturated heterocycles. The first-order chi connectivity index (χ1) is 20.8. The highest BCUT2D eigenvalue weighted by molar-refractivity contribution is 7.18. The van der Waals surface area contributed by atoms with Crippen molar-refractivity contribution in [2.45, 2.75) is 94.6 Å². The number of thiazole rings is 1. The van der Waals surface area contributed by atoms with Crippen LogP contribution in [0.4, 0.5) is 10.1 Å². The fourth-order valence-electron chi connectivity index (χ4n) is 9.02. The number of hydrogen-bond donors (Lipinski definition) is 0. The molecule has 2 aromatic heterocycles. The van der Waals surface area contributed by atoms with Crippen LogP contribution in [0.5, 0.6) is 0 Å². The molecule has 2 aromatic carbocycles. The molecule has 2 heterocycles. The Hall–Kier alpha value is -3.13. The van der Waals surface area contributed by atoms with Gasteiger partial charge >= 0.3 is 0 Å². The molecule has 3 atom stereocenters. The molecule has 1 amide bonds. The molecule has 4 aromatic rings. The minimum absolute atomic E-state index is 0.0174.